The zero-order valence-electron chi connectivity index (χ0n) is 17.9. The Bertz CT molecular complexity index is 906. The molecule has 3 rings (SSSR count). The molecule has 3 atom stereocenters. The fourth-order valence-electron chi connectivity index (χ4n) is 4.42. The van der Waals surface area contributed by atoms with Crippen LogP contribution in [0.5, 0.6) is 5.75 Å². The predicted molar refractivity (Wildman–Crippen MR) is 118 cm³/mol. The summed E-state index contributed by atoms with van der Waals surface area (Å²) in [6.07, 6.45) is -1.80. The van der Waals surface area contributed by atoms with Gasteiger partial charge >= 0.3 is 6.18 Å². The Balaban J connectivity index is 1.83. The Morgan fingerprint density at radius 1 is 1.19 bits per heavy atom. The maximum absolute atomic E-state index is 13.0. The van der Waals surface area contributed by atoms with Crippen LogP contribution in [0.1, 0.15) is 36.3 Å². The largest absolute Gasteiger partial charge is 0.496 e. The number of ether oxygens (including phenoxy) is 1. The molecule has 0 heterocycles. The van der Waals surface area contributed by atoms with E-state index in [1.54, 1.807) is 17.6 Å². The van der Waals surface area contributed by atoms with Crippen LogP contribution >= 0.6 is 0 Å². The van der Waals surface area contributed by atoms with Crippen molar-refractivity contribution in [2.75, 3.05) is 13.7 Å². The van der Waals surface area contributed by atoms with E-state index < -0.39 is 12.0 Å². The monoisotopic (exact) mass is 450 g/mol. The van der Waals surface area contributed by atoms with E-state index in [1.165, 1.54) is 13.2 Å². The fraction of sp³-hybridized carbons (Fsp3) is 0.435. The summed E-state index contributed by atoms with van der Waals surface area (Å²) in [5.74, 6) is 4.56. The number of rotatable bonds is 7. The summed E-state index contributed by atoms with van der Waals surface area (Å²) in [5, 5.41) is 13.5. The van der Waals surface area contributed by atoms with E-state index in [4.69, 9.17) is 10.6 Å². The number of hydrogen-bond donors (Lipinski definition) is 4. The zero-order valence-corrected chi connectivity index (χ0v) is 17.9. The van der Waals surface area contributed by atoms with Gasteiger partial charge in [0.2, 0.25) is 5.84 Å². The molecule has 0 radical (unpaired) electrons. The van der Waals surface area contributed by atoms with Crippen molar-refractivity contribution in [1.29, 1.82) is 0 Å². The number of benzene rings is 2. The average Bonchev–Trinajstić information content (AvgIpc) is 2.80. The smallest absolute Gasteiger partial charge is 0.450 e. The van der Waals surface area contributed by atoms with E-state index in [9.17, 15) is 18.3 Å². The van der Waals surface area contributed by atoms with E-state index in [1.807, 2.05) is 18.2 Å². The van der Waals surface area contributed by atoms with Gasteiger partial charge in [0.25, 0.3) is 0 Å². The molecule has 2 aromatic rings. The Morgan fingerprint density at radius 3 is 2.56 bits per heavy atom. The van der Waals surface area contributed by atoms with Crippen LogP contribution in [0.25, 0.3) is 0 Å². The van der Waals surface area contributed by atoms with Gasteiger partial charge in [-0.05, 0) is 42.5 Å². The lowest BCUT2D eigenvalue weighted by molar-refractivity contribution is -0.0617. The first-order valence-electron chi connectivity index (χ1n) is 10.6. The summed E-state index contributed by atoms with van der Waals surface area (Å²) >= 11 is 0. The van der Waals surface area contributed by atoms with E-state index in [-0.39, 0.29) is 30.2 Å². The second-order valence-corrected chi connectivity index (χ2v) is 7.90. The fourth-order valence-corrected chi connectivity index (χ4v) is 4.42. The molecule has 5 N–H and O–H groups in total. The molecule has 1 aliphatic carbocycles. The molecule has 0 spiro atoms. The summed E-state index contributed by atoms with van der Waals surface area (Å²) in [6, 6.07) is 14.8. The molecule has 32 heavy (non-hydrogen) atoms. The SMILES string of the molecule is COc1ccc(N=C(NN)C(F)(F)F)cc1CN[C@H]1CCC[C@H](CO)[C@H]1c1ccccc1. The number of nitrogens with two attached hydrogens (primary N) is 1. The zero-order chi connectivity index (χ0) is 23.1. The summed E-state index contributed by atoms with van der Waals surface area (Å²) in [5.41, 5.74) is 3.58. The molecule has 0 amide bonds. The molecule has 2 aromatic carbocycles. The molecule has 1 aliphatic rings. The minimum atomic E-state index is -4.68. The second kappa shape index (κ2) is 10.8. The lowest BCUT2D eigenvalue weighted by Gasteiger charge is -2.38. The standard InChI is InChI=1S/C23H29F3N4O2/c1-32-20-11-10-18(29-22(30-27)23(24,25)26)12-17(20)13-28-19-9-5-8-16(14-31)21(19)15-6-3-2-4-7-15/h2-4,6-7,10-12,16,19,21,28,31H,5,8-9,13-14,27H2,1H3,(H,29,30)/t16-,19+,21-/m1/s1. The highest BCUT2D eigenvalue weighted by atomic mass is 19.4. The minimum absolute atomic E-state index is 0.108. The number of amidine groups is 1. The highest BCUT2D eigenvalue weighted by Crippen LogP contribution is 2.38. The van der Waals surface area contributed by atoms with Gasteiger partial charge in [-0.15, -0.1) is 0 Å². The van der Waals surface area contributed by atoms with Gasteiger partial charge in [-0.3, -0.25) is 0 Å². The lowest BCUT2D eigenvalue weighted by atomic mass is 9.72. The van der Waals surface area contributed by atoms with Crippen molar-refractivity contribution in [1.82, 2.24) is 10.7 Å². The number of aliphatic imine (C=N–C) groups is 1. The number of aliphatic hydroxyl groups is 1. The highest BCUT2D eigenvalue weighted by molar-refractivity contribution is 5.89. The molecule has 0 aromatic heterocycles. The molecular formula is C23H29F3N4O2. The number of nitrogens with zero attached hydrogens (tertiary/aromatic N) is 1. The third-order valence-electron chi connectivity index (χ3n) is 5.92. The van der Waals surface area contributed by atoms with Crippen molar-refractivity contribution >= 4 is 11.5 Å². The number of hydrogen-bond acceptors (Lipinski definition) is 5. The van der Waals surface area contributed by atoms with Gasteiger partial charge in [-0.2, -0.15) is 13.2 Å². The summed E-state index contributed by atoms with van der Waals surface area (Å²) in [4.78, 5) is 3.61. The quantitative estimate of drug-likeness (QED) is 0.223. The van der Waals surface area contributed by atoms with Gasteiger partial charge in [-0.1, -0.05) is 36.8 Å². The Hall–Kier alpha value is -2.62. The number of halogens is 3. The topological polar surface area (TPSA) is 91.9 Å². The number of hydrazine groups is 1. The van der Waals surface area contributed by atoms with Gasteiger partial charge in [0.05, 0.1) is 12.8 Å². The van der Waals surface area contributed by atoms with E-state index in [2.05, 4.69) is 22.4 Å². The Labute approximate surface area is 185 Å². The number of aliphatic hydroxyl groups excluding tert-OH is 1. The predicted octanol–water partition coefficient (Wildman–Crippen LogP) is 3.79. The van der Waals surface area contributed by atoms with Gasteiger partial charge in [0.1, 0.15) is 5.75 Å². The van der Waals surface area contributed by atoms with Crippen LogP contribution in [0.15, 0.2) is 53.5 Å². The Kier molecular flexibility index (Phi) is 8.11. The van der Waals surface area contributed by atoms with Crippen molar-refractivity contribution in [3.05, 3.63) is 59.7 Å². The van der Waals surface area contributed by atoms with Gasteiger partial charge in [-0.25, -0.2) is 10.8 Å². The van der Waals surface area contributed by atoms with E-state index in [0.717, 1.165) is 24.8 Å². The molecule has 6 nitrogen and oxygen atoms in total. The van der Waals surface area contributed by atoms with E-state index in [0.29, 0.717) is 17.9 Å². The number of methoxy groups -OCH3 is 1. The third-order valence-corrected chi connectivity index (χ3v) is 5.92. The number of nitrogens with one attached hydrogen (secondary N) is 2. The van der Waals surface area contributed by atoms with Gasteiger partial charge in [0.15, 0.2) is 0 Å². The van der Waals surface area contributed by atoms with Crippen LogP contribution in [-0.4, -0.2) is 36.9 Å². The number of alkyl halides is 3. The summed E-state index contributed by atoms with van der Waals surface area (Å²) < 4.78 is 44.4. The molecule has 0 unspecified atom stereocenters. The molecule has 1 fully saturated rings. The van der Waals surface area contributed by atoms with Crippen molar-refractivity contribution in [3.8, 4) is 5.75 Å². The Morgan fingerprint density at radius 2 is 1.94 bits per heavy atom. The normalized spacial score (nSPS) is 21.9. The van der Waals surface area contributed by atoms with E-state index >= 15 is 0 Å². The van der Waals surface area contributed by atoms with Crippen molar-refractivity contribution in [2.24, 2.45) is 16.8 Å². The first-order chi connectivity index (χ1) is 15.4. The maximum Gasteiger partial charge on any atom is 0.450 e. The first-order valence-corrected chi connectivity index (χ1v) is 10.6. The molecule has 0 saturated heterocycles. The maximum atomic E-state index is 13.0. The molecule has 174 valence electrons. The van der Waals surface area contributed by atoms with Crippen LogP contribution in [-0.2, 0) is 6.54 Å². The van der Waals surface area contributed by atoms with Crippen LogP contribution in [0.4, 0.5) is 18.9 Å². The van der Waals surface area contributed by atoms with Crippen LogP contribution in [0.2, 0.25) is 0 Å². The lowest BCUT2D eigenvalue weighted by Crippen LogP contribution is -2.42. The molecular weight excluding hydrogens is 421 g/mol. The van der Waals surface area contributed by atoms with Crippen LogP contribution in [0, 0.1) is 5.92 Å². The second-order valence-electron chi connectivity index (χ2n) is 7.90. The molecule has 0 aliphatic heterocycles. The van der Waals surface area contributed by atoms with Crippen LogP contribution in [0.3, 0.4) is 0 Å². The third kappa shape index (κ3) is 5.79. The van der Waals surface area contributed by atoms with Gasteiger partial charge < -0.3 is 20.6 Å². The summed E-state index contributed by atoms with van der Waals surface area (Å²) in [6.45, 7) is 0.494. The molecule has 1 saturated carbocycles. The average molecular weight is 451 g/mol. The van der Waals surface area contributed by atoms with Gasteiger partial charge in [0, 0.05) is 30.7 Å². The molecule has 9 heteroatoms. The highest BCUT2D eigenvalue weighted by Gasteiger charge is 2.36. The first kappa shape index (κ1) is 24.0. The summed E-state index contributed by atoms with van der Waals surface area (Å²) in [7, 11) is 1.51. The minimum Gasteiger partial charge on any atom is -0.496 e. The molecule has 0 bridgehead atoms. The van der Waals surface area contributed by atoms with Crippen molar-refractivity contribution < 1.29 is 23.0 Å². The van der Waals surface area contributed by atoms with Crippen molar-refractivity contribution in [3.63, 3.8) is 0 Å². The van der Waals surface area contributed by atoms with Crippen molar-refractivity contribution in [2.45, 2.75) is 43.9 Å². The van der Waals surface area contributed by atoms with Crippen LogP contribution < -0.4 is 21.3 Å².